The van der Waals surface area contributed by atoms with Crippen molar-refractivity contribution < 1.29 is 37.4 Å². The number of fused-ring (bicyclic) bond motifs is 1. The highest BCUT2D eigenvalue weighted by Gasteiger charge is 2.37. The summed E-state index contributed by atoms with van der Waals surface area (Å²) in [6, 6.07) is 9.40. The lowest BCUT2D eigenvalue weighted by Gasteiger charge is -2.27. The lowest BCUT2D eigenvalue weighted by atomic mass is 9.80. The number of aliphatic hydroxyl groups excluding tert-OH is 1. The maximum atomic E-state index is 13.9. The van der Waals surface area contributed by atoms with Gasteiger partial charge in [0.25, 0.3) is 5.91 Å². The minimum Gasteiger partial charge on any atom is -0.393 e. The highest BCUT2D eigenvalue weighted by molar-refractivity contribution is 7.50. The second-order valence-electron chi connectivity index (χ2n) is 10.4. The van der Waals surface area contributed by atoms with Gasteiger partial charge in [0.05, 0.1) is 23.5 Å². The summed E-state index contributed by atoms with van der Waals surface area (Å²) >= 11 is 0. The van der Waals surface area contributed by atoms with E-state index in [1.807, 2.05) is 6.07 Å². The number of nitrogens with one attached hydrogen (secondary N) is 2. The molecule has 1 saturated carbocycles. The highest BCUT2D eigenvalue weighted by Crippen LogP contribution is 2.43. The van der Waals surface area contributed by atoms with Gasteiger partial charge in [0, 0.05) is 25.5 Å². The first-order valence-corrected chi connectivity index (χ1v) is 14.8. The highest BCUT2D eigenvalue weighted by atomic mass is 31.2. The monoisotopic (exact) mass is 591 g/mol. The van der Waals surface area contributed by atoms with Gasteiger partial charge < -0.3 is 30.4 Å². The predicted molar refractivity (Wildman–Crippen MR) is 145 cm³/mol. The molecule has 0 unspecified atom stereocenters. The van der Waals surface area contributed by atoms with E-state index in [0.29, 0.717) is 42.4 Å². The Morgan fingerprint density at radius 2 is 1.73 bits per heavy atom. The van der Waals surface area contributed by atoms with Crippen molar-refractivity contribution in [2.45, 2.75) is 56.6 Å². The maximum absolute atomic E-state index is 13.9. The van der Waals surface area contributed by atoms with Crippen molar-refractivity contribution in [1.29, 1.82) is 0 Å². The fraction of sp³-hybridized carbons (Fsp3) is 0.370. The van der Waals surface area contributed by atoms with E-state index in [2.05, 4.69) is 20.6 Å². The Labute approximate surface area is 233 Å². The summed E-state index contributed by atoms with van der Waals surface area (Å²) in [5.41, 5.74) is 1.90. The maximum Gasteiger partial charge on any atom is 0.421 e. The molecule has 2 aromatic carbocycles. The van der Waals surface area contributed by atoms with Crippen molar-refractivity contribution >= 4 is 36.6 Å². The molecule has 0 saturated heterocycles. The molecule has 1 aliphatic heterocycles. The first kappa shape index (κ1) is 29.0. The number of aromatic nitrogens is 2. The lowest BCUT2D eigenvalue weighted by Crippen LogP contribution is -2.18. The molecule has 5 N–H and O–H groups in total. The average Bonchev–Trinajstić information content (AvgIpc) is 3.19. The number of anilines is 4. The van der Waals surface area contributed by atoms with Crippen molar-refractivity contribution in [3.8, 4) is 0 Å². The zero-order valence-electron chi connectivity index (χ0n) is 22.0. The first-order chi connectivity index (χ1) is 19.3. The van der Waals surface area contributed by atoms with Crippen molar-refractivity contribution in [2.75, 3.05) is 17.7 Å². The molecule has 1 aromatic heterocycles. The van der Waals surface area contributed by atoms with E-state index in [1.165, 1.54) is 29.2 Å². The van der Waals surface area contributed by atoms with Crippen LogP contribution in [-0.4, -0.2) is 48.8 Å². The Bertz CT molecular complexity index is 1500. The summed E-state index contributed by atoms with van der Waals surface area (Å²) in [6.07, 6.45) is -2.09. The molecule has 1 aliphatic carbocycles. The van der Waals surface area contributed by atoms with Crippen molar-refractivity contribution in [2.24, 2.45) is 0 Å². The van der Waals surface area contributed by atoms with E-state index in [4.69, 9.17) is 9.79 Å². The number of carbonyl (C=O) groups excluding carboxylic acids is 1. The minimum absolute atomic E-state index is 0.147. The second kappa shape index (κ2) is 11.1. The number of benzene rings is 2. The Hall–Kier alpha value is -3.51. The molecule has 5 rings (SSSR count). The lowest BCUT2D eigenvalue weighted by molar-refractivity contribution is -0.137. The normalized spacial score (nSPS) is 19.3. The van der Waals surface area contributed by atoms with Crippen LogP contribution in [0.4, 0.5) is 36.3 Å². The molecule has 1 amide bonds. The smallest absolute Gasteiger partial charge is 0.393 e. The number of nitrogens with zero attached hydrogens (tertiary/aromatic N) is 3. The zero-order valence-corrected chi connectivity index (χ0v) is 22.9. The molecule has 2 aliphatic rings. The number of amides is 1. The van der Waals surface area contributed by atoms with Gasteiger partial charge in [-0.1, -0.05) is 18.2 Å². The van der Waals surface area contributed by atoms with Crippen LogP contribution in [0.25, 0.3) is 0 Å². The van der Waals surface area contributed by atoms with E-state index in [1.54, 1.807) is 13.1 Å². The number of hydrogen-bond acceptors (Lipinski definition) is 7. The number of halogens is 3. The molecule has 41 heavy (non-hydrogen) atoms. The van der Waals surface area contributed by atoms with Crippen LogP contribution in [0.1, 0.15) is 64.2 Å². The Balaban J connectivity index is 1.46. The predicted octanol–water partition coefficient (Wildman–Crippen LogP) is 5.26. The number of hydrogen-bond donors (Lipinski definition) is 5. The van der Waals surface area contributed by atoms with Gasteiger partial charge in [-0.25, -0.2) is 4.98 Å². The largest absolute Gasteiger partial charge is 0.421 e. The summed E-state index contributed by atoms with van der Waals surface area (Å²) in [5.74, 6) is -0.849. The molecule has 0 bridgehead atoms. The third-order valence-electron chi connectivity index (χ3n) is 7.39. The van der Waals surface area contributed by atoms with E-state index in [0.717, 1.165) is 24.0 Å². The quantitative estimate of drug-likeness (QED) is 0.232. The van der Waals surface area contributed by atoms with Crippen molar-refractivity contribution in [3.05, 3.63) is 70.4 Å². The van der Waals surface area contributed by atoms with Gasteiger partial charge >= 0.3 is 13.8 Å². The number of alkyl halides is 3. The van der Waals surface area contributed by atoms with Gasteiger partial charge in [-0.15, -0.1) is 0 Å². The van der Waals surface area contributed by atoms with Crippen LogP contribution >= 0.6 is 7.60 Å². The van der Waals surface area contributed by atoms with Crippen molar-refractivity contribution in [3.63, 3.8) is 0 Å². The molecule has 0 atom stereocenters. The summed E-state index contributed by atoms with van der Waals surface area (Å²) in [6.45, 7) is 0.332. The van der Waals surface area contributed by atoms with Gasteiger partial charge in [0.2, 0.25) is 5.95 Å². The van der Waals surface area contributed by atoms with Gasteiger partial charge in [0.1, 0.15) is 11.4 Å². The van der Waals surface area contributed by atoms with Crippen LogP contribution in [0.3, 0.4) is 0 Å². The fourth-order valence-corrected chi connectivity index (χ4v) is 6.07. The van der Waals surface area contributed by atoms with Crippen LogP contribution in [0.5, 0.6) is 0 Å². The SMILES string of the molecule is CN1Cc2c(c(Nc3nc(Nc4ccc(CP(=O)(O)O)cc4)ncc3C(F)(F)F)ccc2[C@H]2CC[C@H](O)CC2)C1=O. The van der Waals surface area contributed by atoms with Crippen LogP contribution in [-0.2, 0) is 23.4 Å². The standard InChI is InChI=1S/C27H29F3N5O5P/c1-35-13-20-19(16-4-8-18(36)9-5-16)10-11-22(23(20)25(35)37)33-24-21(27(28,29)30)12-31-26(34-24)32-17-6-2-15(3-7-17)14-41(38,39)40/h2-3,6-7,10-12,16,18,36H,4-5,8-9,13-14H2,1H3,(H2,38,39,40)(H2,31,32,33,34)/t16-,18-. The molecule has 10 nitrogen and oxygen atoms in total. The Morgan fingerprint density at radius 1 is 1.05 bits per heavy atom. The molecule has 2 heterocycles. The average molecular weight is 592 g/mol. The molecule has 218 valence electrons. The summed E-state index contributed by atoms with van der Waals surface area (Å²) in [7, 11) is -2.62. The van der Waals surface area contributed by atoms with E-state index in [-0.39, 0.29) is 29.6 Å². The van der Waals surface area contributed by atoms with Gasteiger partial charge in [-0.2, -0.15) is 18.2 Å². The molecule has 14 heteroatoms. The molecule has 3 aromatic rings. The minimum atomic E-state index is -4.78. The second-order valence-corrected chi connectivity index (χ2v) is 12.1. The van der Waals surface area contributed by atoms with Gasteiger partial charge in [-0.3, -0.25) is 9.36 Å². The van der Waals surface area contributed by atoms with Crippen molar-refractivity contribution in [1.82, 2.24) is 14.9 Å². The van der Waals surface area contributed by atoms with Crippen LogP contribution in [0, 0.1) is 0 Å². The van der Waals surface area contributed by atoms with E-state index in [9.17, 15) is 27.6 Å². The van der Waals surface area contributed by atoms with Crippen LogP contribution in [0.15, 0.2) is 42.6 Å². The number of aliphatic hydroxyl groups is 1. The van der Waals surface area contributed by atoms with E-state index >= 15 is 0 Å². The van der Waals surface area contributed by atoms with Gasteiger partial charge in [0.15, 0.2) is 0 Å². The zero-order chi connectivity index (χ0) is 29.5. The Morgan fingerprint density at radius 3 is 2.37 bits per heavy atom. The molecule has 1 fully saturated rings. The third kappa shape index (κ3) is 6.54. The first-order valence-electron chi connectivity index (χ1n) is 13.0. The molecular weight excluding hydrogens is 562 g/mol. The topological polar surface area (TPSA) is 148 Å². The summed E-state index contributed by atoms with van der Waals surface area (Å²) < 4.78 is 53.0. The van der Waals surface area contributed by atoms with Crippen LogP contribution < -0.4 is 10.6 Å². The summed E-state index contributed by atoms with van der Waals surface area (Å²) in [5, 5.41) is 15.5. The number of rotatable bonds is 7. The van der Waals surface area contributed by atoms with Crippen LogP contribution in [0.2, 0.25) is 0 Å². The van der Waals surface area contributed by atoms with E-state index < -0.39 is 31.3 Å². The van der Waals surface area contributed by atoms with Gasteiger partial charge in [-0.05, 0) is 66.5 Å². The third-order valence-corrected chi connectivity index (χ3v) is 8.16. The molecular formula is C27H29F3N5O5P. The molecule has 0 radical (unpaired) electrons. The fourth-order valence-electron chi connectivity index (χ4n) is 5.38. The Kier molecular flexibility index (Phi) is 7.82. The molecule has 0 spiro atoms. The summed E-state index contributed by atoms with van der Waals surface area (Å²) in [4.78, 5) is 40.8. The number of carbonyl (C=O) groups is 1.